The summed E-state index contributed by atoms with van der Waals surface area (Å²) in [6, 6.07) is 0. The first-order chi connectivity index (χ1) is 7.36. The van der Waals surface area contributed by atoms with E-state index >= 15 is 0 Å². The Kier molecular flexibility index (Phi) is 4.46. The van der Waals surface area contributed by atoms with Crippen molar-refractivity contribution >= 4 is 17.7 Å². The van der Waals surface area contributed by atoms with Gasteiger partial charge in [-0.05, 0) is 13.3 Å². The Morgan fingerprint density at radius 3 is 2.19 bits per heavy atom. The van der Waals surface area contributed by atoms with Crippen molar-refractivity contribution in [1.82, 2.24) is 0 Å². The van der Waals surface area contributed by atoms with E-state index in [4.69, 9.17) is 0 Å². The summed E-state index contributed by atoms with van der Waals surface area (Å²) in [6.45, 7) is 8.01. The minimum Gasteiger partial charge on any atom is -0.355 e. The van der Waals surface area contributed by atoms with Gasteiger partial charge in [-0.1, -0.05) is 13.4 Å². The first-order valence-electron chi connectivity index (χ1n) is 5.68. The highest BCUT2D eigenvalue weighted by atomic mass is 32.2. The molecule has 0 spiro atoms. The molecule has 0 aromatic rings. The van der Waals surface area contributed by atoms with E-state index in [1.165, 1.54) is 30.3 Å². The predicted molar refractivity (Wildman–Crippen MR) is 72.3 cm³/mol. The summed E-state index contributed by atoms with van der Waals surface area (Å²) in [5.74, 6) is 1.46. The summed E-state index contributed by atoms with van der Waals surface area (Å²) in [5.41, 5.74) is 0. The van der Waals surface area contributed by atoms with Crippen LogP contribution in [0.25, 0.3) is 0 Å². The topological polar surface area (TPSA) is 34.1 Å². The molecule has 1 heterocycles. The third-order valence-corrected chi connectivity index (χ3v) is 4.66. The molecule has 0 saturated carbocycles. The average molecular weight is 247 g/mol. The zero-order valence-corrected chi connectivity index (χ0v) is 10.9. The fraction of sp³-hybridized carbons (Fsp3) is 1.00. The zero-order chi connectivity index (χ0) is 12.4. The Morgan fingerprint density at radius 1 is 1.25 bits per heavy atom. The first kappa shape index (κ1) is 14.0. The molecular formula is C11H26BNO2S. The van der Waals surface area contributed by atoms with Gasteiger partial charge < -0.3 is 4.48 Å². The molecule has 0 N–H and O–H groups in total. The molecule has 0 aromatic heterocycles. The van der Waals surface area contributed by atoms with Crippen molar-refractivity contribution in [2.24, 2.45) is 11.8 Å². The van der Waals surface area contributed by atoms with Crippen molar-refractivity contribution in [3.8, 4) is 0 Å². The van der Waals surface area contributed by atoms with E-state index in [1.54, 1.807) is 0 Å². The number of sulfone groups is 1. The highest BCUT2D eigenvalue weighted by Gasteiger charge is 2.42. The van der Waals surface area contributed by atoms with Crippen LogP contribution in [0.1, 0.15) is 20.3 Å². The number of hydrogen-bond donors (Lipinski definition) is 0. The molecule has 0 aromatic carbocycles. The maximum absolute atomic E-state index is 11.4. The van der Waals surface area contributed by atoms with Crippen LogP contribution in [-0.4, -0.2) is 58.8 Å². The Hall–Kier alpha value is -0.0251. The third-order valence-electron chi connectivity index (χ3n) is 3.62. The van der Waals surface area contributed by atoms with Crippen LogP contribution in [0.3, 0.4) is 0 Å². The van der Waals surface area contributed by atoms with Gasteiger partial charge >= 0.3 is 0 Å². The molecule has 16 heavy (non-hydrogen) atoms. The second kappa shape index (κ2) is 5.09. The van der Waals surface area contributed by atoms with Gasteiger partial charge in [-0.2, -0.15) is 0 Å². The van der Waals surface area contributed by atoms with Crippen LogP contribution in [0, 0.1) is 11.8 Å². The molecular weight excluding hydrogens is 221 g/mol. The molecule has 1 aliphatic rings. The van der Waals surface area contributed by atoms with E-state index < -0.39 is 9.84 Å². The summed E-state index contributed by atoms with van der Waals surface area (Å²) in [6.07, 6.45) is 3.90. The summed E-state index contributed by atoms with van der Waals surface area (Å²) < 4.78 is 24.1. The largest absolute Gasteiger partial charge is 0.355 e. The molecule has 1 aliphatic heterocycles. The van der Waals surface area contributed by atoms with Crippen molar-refractivity contribution < 1.29 is 12.9 Å². The summed E-state index contributed by atoms with van der Waals surface area (Å²) in [5, 5.41) is 0. The highest BCUT2D eigenvalue weighted by molar-refractivity contribution is 7.90. The molecule has 1 fully saturated rings. The van der Waals surface area contributed by atoms with Crippen molar-refractivity contribution in [2.75, 3.05) is 38.1 Å². The van der Waals surface area contributed by atoms with Gasteiger partial charge in [0.15, 0.2) is 0 Å². The highest BCUT2D eigenvalue weighted by Crippen LogP contribution is 2.32. The number of hydrogen-bond acceptors (Lipinski definition) is 2. The number of quaternary nitrogens is 1. The van der Waals surface area contributed by atoms with Crippen molar-refractivity contribution in [1.29, 1.82) is 0 Å². The van der Waals surface area contributed by atoms with Gasteiger partial charge in [0.1, 0.15) is 9.84 Å². The van der Waals surface area contributed by atoms with Crippen LogP contribution in [0.5, 0.6) is 0 Å². The second-order valence-corrected chi connectivity index (χ2v) is 7.23. The summed E-state index contributed by atoms with van der Waals surface area (Å²) >= 11 is 0. The molecule has 1 saturated heterocycles. The van der Waals surface area contributed by atoms with Gasteiger partial charge in [0.05, 0.1) is 25.4 Å². The summed E-state index contributed by atoms with van der Waals surface area (Å²) in [7, 11) is -2.40. The molecule has 1 rings (SSSR count). The minimum atomic E-state index is -2.81. The molecule has 0 amide bonds. The van der Waals surface area contributed by atoms with Crippen LogP contribution < -0.4 is 0 Å². The Balaban J connectivity index is 2.79. The number of nitrogens with zero attached hydrogens (tertiary/aromatic N) is 1. The molecule has 3 nitrogen and oxygen atoms in total. The third kappa shape index (κ3) is 3.23. The van der Waals surface area contributed by atoms with Crippen molar-refractivity contribution in [2.45, 2.75) is 20.3 Å². The van der Waals surface area contributed by atoms with E-state index in [-0.39, 0.29) is 0 Å². The van der Waals surface area contributed by atoms with E-state index in [9.17, 15) is 8.42 Å². The Labute approximate surface area is 101 Å². The lowest BCUT2D eigenvalue weighted by atomic mass is 9.96. The van der Waals surface area contributed by atoms with Gasteiger partial charge in [-0.25, -0.2) is 8.42 Å². The lowest BCUT2D eigenvalue weighted by molar-refractivity contribution is -0.907. The molecule has 3 unspecified atom stereocenters. The van der Waals surface area contributed by atoms with E-state index in [2.05, 4.69) is 13.8 Å². The van der Waals surface area contributed by atoms with Crippen molar-refractivity contribution in [3.63, 3.8) is 0 Å². The second-order valence-electron chi connectivity index (χ2n) is 5.04. The SMILES string of the molecule is [BH3-]C[N+]1(CC)CC(CC)C(CS(C)(=O)=O)C1. The maximum atomic E-state index is 11.4. The smallest absolute Gasteiger partial charge is 0.147 e. The Morgan fingerprint density at radius 2 is 1.81 bits per heavy atom. The average Bonchev–Trinajstić information content (AvgIpc) is 2.54. The first-order valence-corrected chi connectivity index (χ1v) is 7.74. The Bertz CT molecular complexity index is 325. The van der Waals surface area contributed by atoms with Gasteiger partial charge in [0.25, 0.3) is 0 Å². The van der Waals surface area contributed by atoms with Crippen LogP contribution in [0.4, 0.5) is 0 Å². The van der Waals surface area contributed by atoms with E-state index in [0.717, 1.165) is 13.0 Å². The predicted octanol–water partition coefficient (Wildman–Crippen LogP) is -0.153. The molecule has 3 atom stereocenters. The van der Waals surface area contributed by atoms with Gasteiger partial charge in [-0.15, -0.1) is 0 Å². The van der Waals surface area contributed by atoms with E-state index in [0.29, 0.717) is 25.4 Å². The summed E-state index contributed by atoms with van der Waals surface area (Å²) in [4.78, 5) is 0. The monoisotopic (exact) mass is 247 g/mol. The van der Waals surface area contributed by atoms with Gasteiger partial charge in [0.2, 0.25) is 0 Å². The van der Waals surface area contributed by atoms with Gasteiger partial charge in [-0.3, -0.25) is 0 Å². The lowest BCUT2D eigenvalue weighted by Crippen LogP contribution is -2.47. The quantitative estimate of drug-likeness (QED) is 0.500. The molecule has 0 bridgehead atoms. The fourth-order valence-corrected chi connectivity index (χ4v) is 3.82. The molecule has 5 heteroatoms. The van der Waals surface area contributed by atoms with Crippen LogP contribution in [-0.2, 0) is 9.84 Å². The molecule has 0 radical (unpaired) electrons. The van der Waals surface area contributed by atoms with Gasteiger partial charge in [0, 0.05) is 25.9 Å². The zero-order valence-electron chi connectivity index (χ0n) is 10.1. The molecule has 96 valence electrons. The van der Waals surface area contributed by atoms with Crippen LogP contribution in [0.15, 0.2) is 0 Å². The lowest BCUT2D eigenvalue weighted by Gasteiger charge is -2.35. The fourth-order valence-electron chi connectivity index (χ4n) is 2.67. The number of rotatable bonds is 5. The van der Waals surface area contributed by atoms with E-state index in [1.807, 2.05) is 0 Å². The molecule has 0 aliphatic carbocycles. The van der Waals surface area contributed by atoms with Crippen LogP contribution >= 0.6 is 0 Å². The standard InChI is InChI=1S/C11H26BNO2S/c1-4-10-6-13(5-2,9-12)7-11(10)8-16(3,14)15/h10-11H,4-9H2,1-3,12H3. The minimum absolute atomic E-state index is 0.408. The maximum Gasteiger partial charge on any atom is 0.147 e. The number of likely N-dealkylation sites (tertiary alicyclic amines) is 1. The van der Waals surface area contributed by atoms with Crippen molar-refractivity contribution in [3.05, 3.63) is 0 Å². The van der Waals surface area contributed by atoms with Crippen LogP contribution in [0.2, 0.25) is 0 Å². The normalized spacial score (nSPS) is 35.5.